The molecule has 0 unspecified atom stereocenters. The van der Waals surface area contributed by atoms with Crippen LogP contribution in [0.2, 0.25) is 0 Å². The van der Waals surface area contributed by atoms with Crippen LogP contribution in [0.25, 0.3) is 0 Å². The molecule has 0 spiro atoms. The van der Waals surface area contributed by atoms with E-state index in [1.807, 2.05) is 30.3 Å². The molecule has 96 valence electrons. The van der Waals surface area contributed by atoms with E-state index in [0.29, 0.717) is 0 Å². The molecule has 0 aliphatic rings. The molecular weight excluding hydrogens is 234 g/mol. The number of rotatable bonds is 10. The van der Waals surface area contributed by atoms with Crippen LogP contribution in [0, 0.1) is 0 Å². The number of para-hydroxylation sites is 1. The number of nitrogens with one attached hydrogen (secondary N) is 1. The van der Waals surface area contributed by atoms with Gasteiger partial charge in [-0.05, 0) is 50.9 Å². The van der Waals surface area contributed by atoms with Crippen molar-refractivity contribution in [1.82, 2.24) is 5.32 Å². The Bertz CT molecular complexity index is 266. The fraction of sp³-hybridized carbons (Fsp3) is 0.571. The highest BCUT2D eigenvalue weighted by molar-refractivity contribution is 6.17. The van der Waals surface area contributed by atoms with Crippen LogP contribution in [-0.4, -0.2) is 25.6 Å². The summed E-state index contributed by atoms with van der Waals surface area (Å²) in [5.41, 5.74) is 0. The predicted molar refractivity (Wildman–Crippen MR) is 74.0 cm³/mol. The number of alkyl halides is 1. The van der Waals surface area contributed by atoms with Gasteiger partial charge in [-0.2, -0.15) is 0 Å². The lowest BCUT2D eigenvalue weighted by atomic mass is 10.3. The SMILES string of the molecule is ClCCCCNCCCCOc1ccccc1. The molecule has 0 radical (unpaired) electrons. The third-order valence-electron chi connectivity index (χ3n) is 2.50. The second kappa shape index (κ2) is 10.4. The zero-order valence-corrected chi connectivity index (χ0v) is 11.1. The van der Waals surface area contributed by atoms with Gasteiger partial charge in [0.15, 0.2) is 0 Å². The molecule has 17 heavy (non-hydrogen) atoms. The minimum absolute atomic E-state index is 0.770. The molecule has 0 heterocycles. The van der Waals surface area contributed by atoms with Crippen LogP contribution in [-0.2, 0) is 0 Å². The fourth-order valence-electron chi connectivity index (χ4n) is 1.53. The molecule has 0 atom stereocenters. The van der Waals surface area contributed by atoms with Crippen molar-refractivity contribution in [3.8, 4) is 5.75 Å². The van der Waals surface area contributed by atoms with Gasteiger partial charge in [0.2, 0.25) is 0 Å². The van der Waals surface area contributed by atoms with Gasteiger partial charge in [0.05, 0.1) is 6.61 Å². The Morgan fingerprint density at radius 1 is 0.941 bits per heavy atom. The van der Waals surface area contributed by atoms with Crippen molar-refractivity contribution in [2.45, 2.75) is 25.7 Å². The van der Waals surface area contributed by atoms with Crippen molar-refractivity contribution in [1.29, 1.82) is 0 Å². The van der Waals surface area contributed by atoms with Crippen molar-refractivity contribution in [3.63, 3.8) is 0 Å². The molecule has 3 heteroatoms. The average Bonchev–Trinajstić information content (AvgIpc) is 2.38. The van der Waals surface area contributed by atoms with Gasteiger partial charge in [0.1, 0.15) is 5.75 Å². The molecular formula is C14H22ClNO. The molecule has 1 aromatic rings. The van der Waals surface area contributed by atoms with Gasteiger partial charge in [-0.25, -0.2) is 0 Å². The zero-order valence-electron chi connectivity index (χ0n) is 10.3. The fourth-order valence-corrected chi connectivity index (χ4v) is 1.72. The molecule has 2 nitrogen and oxygen atoms in total. The molecule has 0 bridgehead atoms. The number of hydrogen-bond donors (Lipinski definition) is 1. The molecule has 0 saturated heterocycles. The van der Waals surface area contributed by atoms with Crippen LogP contribution in [0.5, 0.6) is 5.75 Å². The monoisotopic (exact) mass is 255 g/mol. The van der Waals surface area contributed by atoms with Gasteiger partial charge < -0.3 is 10.1 Å². The second-order valence-electron chi connectivity index (χ2n) is 4.01. The van der Waals surface area contributed by atoms with Crippen molar-refractivity contribution in [3.05, 3.63) is 30.3 Å². The first-order valence-corrected chi connectivity index (χ1v) is 6.91. The summed E-state index contributed by atoms with van der Waals surface area (Å²) in [5.74, 6) is 1.73. The number of hydrogen-bond acceptors (Lipinski definition) is 2. The predicted octanol–water partition coefficient (Wildman–Crippen LogP) is 3.45. The van der Waals surface area contributed by atoms with Crippen LogP contribution in [0.1, 0.15) is 25.7 Å². The Kier molecular flexibility index (Phi) is 8.79. The van der Waals surface area contributed by atoms with E-state index >= 15 is 0 Å². The second-order valence-corrected chi connectivity index (χ2v) is 4.39. The maximum Gasteiger partial charge on any atom is 0.119 e. The Hall–Kier alpha value is -0.730. The molecule has 0 aliphatic heterocycles. The molecule has 1 aromatic carbocycles. The molecule has 1 N–H and O–H groups in total. The molecule has 0 fully saturated rings. The Morgan fingerprint density at radius 2 is 1.65 bits per heavy atom. The van der Waals surface area contributed by atoms with Crippen LogP contribution in [0.3, 0.4) is 0 Å². The molecule has 0 saturated carbocycles. The van der Waals surface area contributed by atoms with Gasteiger partial charge in [0, 0.05) is 5.88 Å². The highest BCUT2D eigenvalue weighted by Gasteiger charge is 1.92. The van der Waals surface area contributed by atoms with Gasteiger partial charge in [-0.3, -0.25) is 0 Å². The summed E-state index contributed by atoms with van der Waals surface area (Å²) in [6.45, 7) is 2.94. The van der Waals surface area contributed by atoms with Crippen LogP contribution in [0.15, 0.2) is 30.3 Å². The molecule has 0 aliphatic carbocycles. The third kappa shape index (κ3) is 8.06. The lowest BCUT2D eigenvalue weighted by Crippen LogP contribution is -2.17. The summed E-state index contributed by atoms with van der Waals surface area (Å²) >= 11 is 5.60. The van der Waals surface area contributed by atoms with Crippen molar-refractivity contribution < 1.29 is 4.74 Å². The molecule has 0 amide bonds. The van der Waals surface area contributed by atoms with E-state index in [1.54, 1.807) is 0 Å². The normalized spacial score (nSPS) is 10.4. The maximum atomic E-state index is 5.61. The van der Waals surface area contributed by atoms with Gasteiger partial charge >= 0.3 is 0 Å². The Labute approximate surface area is 109 Å². The van der Waals surface area contributed by atoms with E-state index in [2.05, 4.69) is 5.32 Å². The Balaban J connectivity index is 1.85. The van der Waals surface area contributed by atoms with Crippen LogP contribution < -0.4 is 10.1 Å². The number of ether oxygens (including phenoxy) is 1. The topological polar surface area (TPSA) is 21.3 Å². The largest absolute Gasteiger partial charge is 0.494 e. The standard InChI is InChI=1S/C14H22ClNO/c15-10-4-5-11-16-12-6-7-13-17-14-8-2-1-3-9-14/h1-3,8-9,16H,4-7,10-13H2. The number of unbranched alkanes of at least 4 members (excludes halogenated alkanes) is 2. The molecule has 1 rings (SSSR count). The van der Waals surface area contributed by atoms with E-state index in [4.69, 9.17) is 16.3 Å². The van der Waals surface area contributed by atoms with Crippen molar-refractivity contribution in [2.75, 3.05) is 25.6 Å². The maximum absolute atomic E-state index is 5.61. The Morgan fingerprint density at radius 3 is 2.35 bits per heavy atom. The summed E-state index contributed by atoms with van der Waals surface area (Å²) in [6.07, 6.45) is 4.53. The van der Waals surface area contributed by atoms with Crippen LogP contribution in [0.4, 0.5) is 0 Å². The third-order valence-corrected chi connectivity index (χ3v) is 2.76. The highest BCUT2D eigenvalue weighted by Crippen LogP contribution is 2.08. The highest BCUT2D eigenvalue weighted by atomic mass is 35.5. The average molecular weight is 256 g/mol. The van der Waals surface area contributed by atoms with E-state index in [0.717, 1.165) is 50.6 Å². The van der Waals surface area contributed by atoms with Gasteiger partial charge in [0.25, 0.3) is 0 Å². The van der Waals surface area contributed by atoms with Crippen LogP contribution >= 0.6 is 11.6 Å². The van der Waals surface area contributed by atoms with E-state index in [-0.39, 0.29) is 0 Å². The van der Waals surface area contributed by atoms with Gasteiger partial charge in [-0.1, -0.05) is 18.2 Å². The van der Waals surface area contributed by atoms with E-state index in [1.165, 1.54) is 6.42 Å². The summed E-state index contributed by atoms with van der Waals surface area (Å²) in [4.78, 5) is 0. The van der Waals surface area contributed by atoms with Crippen molar-refractivity contribution in [2.24, 2.45) is 0 Å². The first-order valence-electron chi connectivity index (χ1n) is 6.38. The lowest BCUT2D eigenvalue weighted by Gasteiger charge is -2.06. The summed E-state index contributed by atoms with van der Waals surface area (Å²) in [5, 5.41) is 3.40. The summed E-state index contributed by atoms with van der Waals surface area (Å²) in [7, 11) is 0. The van der Waals surface area contributed by atoms with Crippen molar-refractivity contribution >= 4 is 11.6 Å². The smallest absolute Gasteiger partial charge is 0.119 e. The quantitative estimate of drug-likeness (QED) is 0.511. The van der Waals surface area contributed by atoms with E-state index < -0.39 is 0 Å². The minimum atomic E-state index is 0.770. The lowest BCUT2D eigenvalue weighted by molar-refractivity contribution is 0.306. The first kappa shape index (κ1) is 14.3. The van der Waals surface area contributed by atoms with E-state index in [9.17, 15) is 0 Å². The zero-order chi connectivity index (χ0) is 12.2. The summed E-state index contributed by atoms with van der Waals surface area (Å²) < 4.78 is 5.61. The minimum Gasteiger partial charge on any atom is -0.494 e. The number of halogens is 1. The van der Waals surface area contributed by atoms with Gasteiger partial charge in [-0.15, -0.1) is 11.6 Å². The molecule has 0 aromatic heterocycles. The number of benzene rings is 1. The first-order chi connectivity index (χ1) is 8.43. The summed E-state index contributed by atoms with van der Waals surface area (Å²) in [6, 6.07) is 9.97.